The Bertz CT molecular complexity index is 701. The van der Waals surface area contributed by atoms with E-state index in [2.05, 4.69) is 10.3 Å². The van der Waals surface area contributed by atoms with Crippen LogP contribution in [0.3, 0.4) is 0 Å². The van der Waals surface area contributed by atoms with Gasteiger partial charge in [0.05, 0.1) is 11.5 Å². The van der Waals surface area contributed by atoms with Gasteiger partial charge in [-0.3, -0.25) is 9.20 Å². The predicted octanol–water partition coefficient (Wildman–Crippen LogP) is 0.313. The fourth-order valence-electron chi connectivity index (χ4n) is 2.06. The Morgan fingerprint density at radius 1 is 1.56 bits per heavy atom. The second kappa shape index (κ2) is 4.06. The van der Waals surface area contributed by atoms with Crippen LogP contribution in [0.5, 0.6) is 0 Å². The number of hydrogen-bond acceptors (Lipinski definition) is 5. The number of thiazole rings is 1. The van der Waals surface area contributed by atoms with E-state index in [1.807, 2.05) is 0 Å². The van der Waals surface area contributed by atoms with Crippen molar-refractivity contribution in [1.82, 2.24) is 14.7 Å². The summed E-state index contributed by atoms with van der Waals surface area (Å²) in [6, 6.07) is -0.277. The van der Waals surface area contributed by atoms with Crippen LogP contribution in [0.4, 0.5) is 0 Å². The van der Waals surface area contributed by atoms with E-state index < -0.39 is 9.84 Å². The standard InChI is InChI=1S/C10H11N3O3S2/c14-9(12-7-1-4-18(15,16)6-7)8-5-17-10-11-2-3-13(8)10/h2-3,5,7H,1,4,6H2,(H,12,14). The van der Waals surface area contributed by atoms with Crippen molar-refractivity contribution in [2.45, 2.75) is 12.5 Å². The number of aromatic nitrogens is 2. The van der Waals surface area contributed by atoms with Gasteiger partial charge in [0.15, 0.2) is 14.8 Å². The molecule has 0 aliphatic carbocycles. The number of imidazole rings is 1. The topological polar surface area (TPSA) is 80.5 Å². The monoisotopic (exact) mass is 285 g/mol. The molecule has 2 aromatic rings. The highest BCUT2D eigenvalue weighted by Gasteiger charge is 2.29. The molecule has 1 saturated heterocycles. The van der Waals surface area contributed by atoms with Crippen LogP contribution in [0.1, 0.15) is 16.9 Å². The molecule has 0 saturated carbocycles. The van der Waals surface area contributed by atoms with E-state index in [1.165, 1.54) is 11.3 Å². The molecule has 1 aliphatic heterocycles. The zero-order valence-corrected chi connectivity index (χ0v) is 11.0. The summed E-state index contributed by atoms with van der Waals surface area (Å²) in [5, 5.41) is 4.48. The maximum Gasteiger partial charge on any atom is 0.269 e. The van der Waals surface area contributed by atoms with Crippen LogP contribution in [-0.2, 0) is 9.84 Å². The number of fused-ring (bicyclic) bond motifs is 1. The molecule has 1 N–H and O–H groups in total. The molecule has 96 valence electrons. The predicted molar refractivity (Wildman–Crippen MR) is 67.6 cm³/mol. The van der Waals surface area contributed by atoms with E-state index in [1.54, 1.807) is 22.2 Å². The molecule has 3 rings (SSSR count). The normalized spacial score (nSPS) is 22.3. The first-order chi connectivity index (χ1) is 8.55. The number of carbonyl (C=O) groups is 1. The first kappa shape index (κ1) is 11.7. The van der Waals surface area contributed by atoms with Crippen LogP contribution < -0.4 is 5.32 Å². The van der Waals surface area contributed by atoms with Gasteiger partial charge in [0, 0.05) is 23.8 Å². The van der Waals surface area contributed by atoms with Crippen molar-refractivity contribution in [3.8, 4) is 0 Å². The van der Waals surface area contributed by atoms with E-state index in [0.29, 0.717) is 12.1 Å². The zero-order valence-electron chi connectivity index (χ0n) is 9.37. The second-order valence-electron chi connectivity index (χ2n) is 4.27. The zero-order chi connectivity index (χ0) is 12.8. The number of nitrogens with zero attached hydrogens (tertiary/aromatic N) is 2. The first-order valence-electron chi connectivity index (χ1n) is 5.47. The van der Waals surface area contributed by atoms with Gasteiger partial charge in [-0.15, -0.1) is 11.3 Å². The lowest BCUT2D eigenvalue weighted by Gasteiger charge is -2.09. The summed E-state index contributed by atoms with van der Waals surface area (Å²) < 4.78 is 24.3. The summed E-state index contributed by atoms with van der Waals surface area (Å²) in [7, 11) is -2.97. The van der Waals surface area contributed by atoms with Gasteiger partial charge in [-0.25, -0.2) is 13.4 Å². The molecule has 1 amide bonds. The Morgan fingerprint density at radius 2 is 2.39 bits per heavy atom. The van der Waals surface area contributed by atoms with Gasteiger partial charge in [-0.2, -0.15) is 0 Å². The summed E-state index contributed by atoms with van der Waals surface area (Å²) in [6.45, 7) is 0. The third kappa shape index (κ3) is 2.01. The fourth-order valence-corrected chi connectivity index (χ4v) is 4.56. The molecule has 0 bridgehead atoms. The van der Waals surface area contributed by atoms with Crippen LogP contribution in [0.25, 0.3) is 4.96 Å². The number of carbonyl (C=O) groups excluding carboxylic acids is 1. The Balaban J connectivity index is 1.78. The summed E-state index contributed by atoms with van der Waals surface area (Å²) >= 11 is 1.38. The van der Waals surface area contributed by atoms with Gasteiger partial charge < -0.3 is 5.32 Å². The van der Waals surface area contributed by atoms with E-state index >= 15 is 0 Å². The lowest BCUT2D eigenvalue weighted by molar-refractivity contribution is 0.0935. The van der Waals surface area contributed by atoms with Crippen LogP contribution >= 0.6 is 11.3 Å². The molecule has 1 aliphatic rings. The minimum Gasteiger partial charge on any atom is -0.347 e. The maximum atomic E-state index is 12.0. The van der Waals surface area contributed by atoms with Crippen molar-refractivity contribution in [2.75, 3.05) is 11.5 Å². The highest BCUT2D eigenvalue weighted by Crippen LogP contribution is 2.16. The van der Waals surface area contributed by atoms with Crippen molar-refractivity contribution < 1.29 is 13.2 Å². The second-order valence-corrected chi connectivity index (χ2v) is 7.34. The van der Waals surface area contributed by atoms with Crippen molar-refractivity contribution >= 4 is 32.0 Å². The molecule has 1 unspecified atom stereocenters. The van der Waals surface area contributed by atoms with E-state index in [-0.39, 0.29) is 23.5 Å². The quantitative estimate of drug-likeness (QED) is 0.861. The van der Waals surface area contributed by atoms with Crippen molar-refractivity contribution in [2.24, 2.45) is 0 Å². The molecule has 18 heavy (non-hydrogen) atoms. The van der Waals surface area contributed by atoms with Gasteiger partial charge >= 0.3 is 0 Å². The van der Waals surface area contributed by atoms with Crippen LogP contribution in [0, 0.1) is 0 Å². The van der Waals surface area contributed by atoms with Crippen molar-refractivity contribution in [3.05, 3.63) is 23.5 Å². The molecule has 0 spiro atoms. The number of hydrogen-bond donors (Lipinski definition) is 1. The number of sulfone groups is 1. The average molecular weight is 285 g/mol. The van der Waals surface area contributed by atoms with Gasteiger partial charge in [0.1, 0.15) is 5.69 Å². The Kier molecular flexibility index (Phi) is 2.63. The van der Waals surface area contributed by atoms with Crippen molar-refractivity contribution in [1.29, 1.82) is 0 Å². The molecule has 1 atom stereocenters. The van der Waals surface area contributed by atoms with Crippen LogP contribution in [0.2, 0.25) is 0 Å². The Morgan fingerprint density at radius 3 is 3.11 bits per heavy atom. The van der Waals surface area contributed by atoms with E-state index in [4.69, 9.17) is 0 Å². The molecule has 6 nitrogen and oxygen atoms in total. The summed E-state index contributed by atoms with van der Waals surface area (Å²) in [5.74, 6) is -0.0563. The fraction of sp³-hybridized carbons (Fsp3) is 0.400. The van der Waals surface area contributed by atoms with Crippen LogP contribution in [-0.4, -0.2) is 41.3 Å². The third-order valence-corrected chi connectivity index (χ3v) is 5.56. The third-order valence-electron chi connectivity index (χ3n) is 2.94. The SMILES string of the molecule is O=C(NC1CCS(=O)(=O)C1)c1csc2nccn12. The molecule has 0 aromatic carbocycles. The van der Waals surface area contributed by atoms with Gasteiger partial charge in [-0.05, 0) is 6.42 Å². The molecule has 0 radical (unpaired) electrons. The summed E-state index contributed by atoms with van der Waals surface area (Å²) in [6.07, 6.45) is 3.83. The highest BCUT2D eigenvalue weighted by atomic mass is 32.2. The largest absolute Gasteiger partial charge is 0.347 e. The van der Waals surface area contributed by atoms with Crippen LogP contribution in [0.15, 0.2) is 17.8 Å². The lowest BCUT2D eigenvalue weighted by atomic mass is 10.2. The summed E-state index contributed by atoms with van der Waals surface area (Å²) in [5.41, 5.74) is 0.497. The van der Waals surface area contributed by atoms with Gasteiger partial charge in [-0.1, -0.05) is 0 Å². The smallest absolute Gasteiger partial charge is 0.269 e. The minimum atomic E-state index is -2.97. The molecular weight excluding hydrogens is 274 g/mol. The Labute approximate surface area is 108 Å². The minimum absolute atomic E-state index is 0.0376. The van der Waals surface area contributed by atoms with Gasteiger partial charge in [0.25, 0.3) is 5.91 Å². The van der Waals surface area contributed by atoms with Gasteiger partial charge in [0.2, 0.25) is 0 Å². The van der Waals surface area contributed by atoms with E-state index in [0.717, 1.165) is 4.96 Å². The molecule has 8 heteroatoms. The molecular formula is C10H11N3O3S2. The molecule has 2 aromatic heterocycles. The van der Waals surface area contributed by atoms with Crippen molar-refractivity contribution in [3.63, 3.8) is 0 Å². The number of rotatable bonds is 2. The maximum absolute atomic E-state index is 12.0. The molecule has 3 heterocycles. The first-order valence-corrected chi connectivity index (χ1v) is 8.17. The van der Waals surface area contributed by atoms with E-state index in [9.17, 15) is 13.2 Å². The lowest BCUT2D eigenvalue weighted by Crippen LogP contribution is -2.36. The number of nitrogens with one attached hydrogen (secondary N) is 1. The number of amides is 1. The molecule has 1 fully saturated rings. The Hall–Kier alpha value is -1.41. The average Bonchev–Trinajstić information content (AvgIpc) is 2.92. The highest BCUT2D eigenvalue weighted by molar-refractivity contribution is 7.91. The summed E-state index contributed by atoms with van der Waals surface area (Å²) in [4.78, 5) is 16.9.